The third kappa shape index (κ3) is 4.11. The van der Waals surface area contributed by atoms with Crippen molar-refractivity contribution >= 4 is 0 Å². The third-order valence-corrected chi connectivity index (χ3v) is 6.30. The lowest BCUT2D eigenvalue weighted by Crippen LogP contribution is -2.36. The minimum absolute atomic E-state index is 0.531. The van der Waals surface area contributed by atoms with Gasteiger partial charge in [-0.15, -0.1) is 0 Å². The number of aryl methyl sites for hydroxylation is 1. The van der Waals surface area contributed by atoms with Crippen molar-refractivity contribution < 1.29 is 0 Å². The van der Waals surface area contributed by atoms with Crippen LogP contribution >= 0.6 is 0 Å². The van der Waals surface area contributed by atoms with Crippen LogP contribution in [0.4, 0.5) is 0 Å². The van der Waals surface area contributed by atoms with E-state index in [-0.39, 0.29) is 0 Å². The van der Waals surface area contributed by atoms with Gasteiger partial charge in [-0.25, -0.2) is 4.98 Å². The SMILES string of the molecule is CCn1ccnc1CN(Cc1cnn(CC(C)C)c1)C1CC12CCNCC2. The zero-order valence-corrected chi connectivity index (χ0v) is 17.1. The molecule has 1 atom stereocenters. The number of nitrogens with one attached hydrogen (secondary N) is 1. The Hall–Kier alpha value is -1.66. The molecule has 1 unspecified atom stereocenters. The van der Waals surface area contributed by atoms with Gasteiger partial charge in [0.2, 0.25) is 0 Å². The number of hydrogen-bond donors (Lipinski definition) is 1. The number of imidazole rings is 1. The van der Waals surface area contributed by atoms with Crippen molar-refractivity contribution in [1.82, 2.24) is 29.5 Å². The van der Waals surface area contributed by atoms with E-state index in [4.69, 9.17) is 0 Å². The zero-order chi connectivity index (χ0) is 18.9. The molecule has 3 heterocycles. The molecular formula is C21H34N6. The molecular weight excluding hydrogens is 336 g/mol. The summed E-state index contributed by atoms with van der Waals surface area (Å²) in [7, 11) is 0. The lowest BCUT2D eigenvalue weighted by molar-refractivity contribution is 0.182. The zero-order valence-electron chi connectivity index (χ0n) is 17.1. The smallest absolute Gasteiger partial charge is 0.122 e. The molecule has 1 aliphatic carbocycles. The van der Waals surface area contributed by atoms with Gasteiger partial charge in [0.25, 0.3) is 0 Å². The van der Waals surface area contributed by atoms with Crippen LogP contribution in [0.5, 0.6) is 0 Å². The van der Waals surface area contributed by atoms with Crippen LogP contribution in [-0.4, -0.2) is 43.4 Å². The average Bonchev–Trinajstić information content (AvgIpc) is 2.99. The van der Waals surface area contributed by atoms with E-state index in [2.05, 4.69) is 68.9 Å². The minimum Gasteiger partial charge on any atom is -0.334 e. The second-order valence-corrected chi connectivity index (χ2v) is 8.83. The second-order valence-electron chi connectivity index (χ2n) is 8.83. The lowest BCUT2D eigenvalue weighted by Gasteiger charge is -2.29. The quantitative estimate of drug-likeness (QED) is 0.776. The van der Waals surface area contributed by atoms with Gasteiger partial charge in [0.05, 0.1) is 12.7 Å². The molecule has 2 fully saturated rings. The predicted octanol–water partition coefficient (Wildman–Crippen LogP) is 2.90. The second kappa shape index (κ2) is 7.76. The highest BCUT2D eigenvalue weighted by Gasteiger charge is 2.56. The van der Waals surface area contributed by atoms with Crippen LogP contribution in [0.25, 0.3) is 0 Å². The number of aromatic nitrogens is 4. The van der Waals surface area contributed by atoms with Gasteiger partial charge in [-0.3, -0.25) is 9.58 Å². The van der Waals surface area contributed by atoms with Gasteiger partial charge in [0.1, 0.15) is 5.82 Å². The van der Waals surface area contributed by atoms with Gasteiger partial charge in [-0.1, -0.05) is 13.8 Å². The maximum Gasteiger partial charge on any atom is 0.122 e. The standard InChI is InChI=1S/C21H34N6/c1-4-25-10-9-23-20(25)16-26(19-11-21(19)5-7-22-8-6-21)14-18-12-24-27(15-18)13-17(2)3/h9-10,12,15,17,19,22H,4-8,11,13-14,16H2,1-3H3. The first-order valence-electron chi connectivity index (χ1n) is 10.6. The molecule has 6 nitrogen and oxygen atoms in total. The van der Waals surface area contributed by atoms with E-state index < -0.39 is 0 Å². The van der Waals surface area contributed by atoms with Crippen molar-refractivity contribution in [2.24, 2.45) is 11.3 Å². The maximum absolute atomic E-state index is 4.64. The highest BCUT2D eigenvalue weighted by Crippen LogP contribution is 2.56. The fourth-order valence-electron chi connectivity index (χ4n) is 4.74. The molecule has 0 aromatic carbocycles. The summed E-state index contributed by atoms with van der Waals surface area (Å²) in [6, 6.07) is 0.676. The van der Waals surface area contributed by atoms with Gasteiger partial charge in [0.15, 0.2) is 0 Å². The summed E-state index contributed by atoms with van der Waals surface area (Å²) in [5.74, 6) is 1.80. The third-order valence-electron chi connectivity index (χ3n) is 6.30. The monoisotopic (exact) mass is 370 g/mol. The summed E-state index contributed by atoms with van der Waals surface area (Å²) in [5.41, 5.74) is 1.85. The number of nitrogens with zero attached hydrogens (tertiary/aromatic N) is 5. The average molecular weight is 371 g/mol. The van der Waals surface area contributed by atoms with Crippen molar-refractivity contribution in [3.63, 3.8) is 0 Å². The van der Waals surface area contributed by atoms with E-state index in [1.807, 2.05) is 6.20 Å². The van der Waals surface area contributed by atoms with Crippen LogP contribution in [0.3, 0.4) is 0 Å². The van der Waals surface area contributed by atoms with Gasteiger partial charge >= 0.3 is 0 Å². The largest absolute Gasteiger partial charge is 0.334 e. The van der Waals surface area contributed by atoms with Crippen LogP contribution in [0, 0.1) is 11.3 Å². The molecule has 2 aliphatic rings. The summed E-state index contributed by atoms with van der Waals surface area (Å²) in [5, 5.41) is 8.11. The fourth-order valence-corrected chi connectivity index (χ4v) is 4.74. The van der Waals surface area contributed by atoms with Gasteiger partial charge < -0.3 is 9.88 Å². The Morgan fingerprint density at radius 1 is 1.30 bits per heavy atom. The molecule has 4 rings (SSSR count). The van der Waals surface area contributed by atoms with Crippen molar-refractivity contribution in [3.05, 3.63) is 36.2 Å². The molecule has 0 bridgehead atoms. The molecule has 1 N–H and O–H groups in total. The topological polar surface area (TPSA) is 50.9 Å². The summed E-state index contributed by atoms with van der Waals surface area (Å²) < 4.78 is 4.37. The van der Waals surface area contributed by atoms with Crippen molar-refractivity contribution in [1.29, 1.82) is 0 Å². The van der Waals surface area contributed by atoms with E-state index in [0.29, 0.717) is 17.4 Å². The van der Waals surface area contributed by atoms with E-state index >= 15 is 0 Å². The Bertz CT molecular complexity index is 739. The molecule has 1 saturated carbocycles. The highest BCUT2D eigenvalue weighted by atomic mass is 15.3. The van der Waals surface area contributed by atoms with E-state index in [0.717, 1.165) is 26.2 Å². The van der Waals surface area contributed by atoms with Crippen molar-refractivity contribution in [3.8, 4) is 0 Å². The normalized spacial score (nSPS) is 21.4. The lowest BCUT2D eigenvalue weighted by atomic mass is 9.93. The van der Waals surface area contributed by atoms with Crippen LogP contribution in [-0.2, 0) is 26.2 Å². The van der Waals surface area contributed by atoms with Crippen LogP contribution in [0.2, 0.25) is 0 Å². The molecule has 27 heavy (non-hydrogen) atoms. The Labute approximate surface area is 163 Å². The van der Waals surface area contributed by atoms with E-state index in [1.54, 1.807) is 0 Å². The minimum atomic E-state index is 0.531. The Balaban J connectivity index is 1.50. The molecule has 148 valence electrons. The van der Waals surface area contributed by atoms with Crippen molar-refractivity contribution in [2.45, 2.75) is 72.3 Å². The summed E-state index contributed by atoms with van der Waals surface area (Å²) in [6.07, 6.45) is 12.3. The summed E-state index contributed by atoms with van der Waals surface area (Å²) in [6.45, 7) is 12.9. The Morgan fingerprint density at radius 3 is 2.85 bits per heavy atom. The summed E-state index contributed by atoms with van der Waals surface area (Å²) in [4.78, 5) is 7.31. The van der Waals surface area contributed by atoms with Gasteiger partial charge in [0, 0.05) is 49.8 Å². The van der Waals surface area contributed by atoms with Crippen LogP contribution in [0.1, 0.15) is 51.4 Å². The van der Waals surface area contributed by atoms with Gasteiger partial charge in [-0.05, 0) is 50.6 Å². The fraction of sp³-hybridized carbons (Fsp3) is 0.714. The maximum atomic E-state index is 4.64. The van der Waals surface area contributed by atoms with E-state index in [9.17, 15) is 0 Å². The number of rotatable bonds is 8. The number of piperidine rings is 1. The van der Waals surface area contributed by atoms with Gasteiger partial charge in [-0.2, -0.15) is 5.10 Å². The molecule has 1 saturated heterocycles. The Kier molecular flexibility index (Phi) is 5.37. The first-order valence-corrected chi connectivity index (χ1v) is 10.6. The number of hydrogen-bond acceptors (Lipinski definition) is 4. The van der Waals surface area contributed by atoms with Crippen LogP contribution < -0.4 is 5.32 Å². The molecule has 0 amide bonds. The Morgan fingerprint density at radius 2 is 2.11 bits per heavy atom. The highest BCUT2D eigenvalue weighted by molar-refractivity contribution is 5.14. The first-order chi connectivity index (χ1) is 13.1. The molecule has 1 aliphatic heterocycles. The molecule has 1 spiro atoms. The molecule has 0 radical (unpaired) electrons. The van der Waals surface area contributed by atoms with Crippen LogP contribution in [0.15, 0.2) is 24.8 Å². The molecule has 2 aromatic heterocycles. The predicted molar refractivity (Wildman–Crippen MR) is 107 cm³/mol. The molecule has 6 heteroatoms. The van der Waals surface area contributed by atoms with Crippen molar-refractivity contribution in [2.75, 3.05) is 13.1 Å². The first kappa shape index (κ1) is 18.7. The van der Waals surface area contributed by atoms with E-state index in [1.165, 1.54) is 43.7 Å². The molecule has 2 aromatic rings. The summed E-state index contributed by atoms with van der Waals surface area (Å²) >= 11 is 0.